The van der Waals surface area contributed by atoms with E-state index in [2.05, 4.69) is 10.3 Å². The fraction of sp³-hybridized carbons (Fsp3) is 0.364. The first-order valence-electron chi connectivity index (χ1n) is 4.83. The number of amidine groups is 1. The Labute approximate surface area is 96.0 Å². The summed E-state index contributed by atoms with van der Waals surface area (Å²) in [6.45, 7) is 0.957. The number of methoxy groups -OCH3 is 1. The molecule has 0 bridgehead atoms. The third kappa shape index (κ3) is 3.13. The molecule has 82 valence electrons. The minimum atomic E-state index is 0. The quantitative estimate of drug-likeness (QED) is 0.841. The minimum absolute atomic E-state index is 0. The molecule has 4 heteroatoms. The van der Waals surface area contributed by atoms with Gasteiger partial charge in [0.2, 0.25) is 0 Å². The van der Waals surface area contributed by atoms with Gasteiger partial charge in [0.15, 0.2) is 0 Å². The van der Waals surface area contributed by atoms with Crippen molar-refractivity contribution in [3.63, 3.8) is 0 Å². The Kier molecular flexibility index (Phi) is 4.43. The van der Waals surface area contributed by atoms with E-state index in [1.165, 1.54) is 6.42 Å². The Hall–Kier alpha value is -1.22. The van der Waals surface area contributed by atoms with Gasteiger partial charge in [-0.2, -0.15) is 0 Å². The van der Waals surface area contributed by atoms with Crippen molar-refractivity contribution in [1.29, 1.82) is 0 Å². The highest BCUT2D eigenvalue weighted by Gasteiger charge is 2.05. The molecule has 1 heterocycles. The lowest BCUT2D eigenvalue weighted by molar-refractivity contribution is 0.415. The maximum atomic E-state index is 5.08. The molecule has 0 unspecified atom stereocenters. The topological polar surface area (TPSA) is 33.6 Å². The lowest BCUT2D eigenvalue weighted by atomic mass is 10.3. The normalized spacial score (nSPS) is 14.1. The SMILES string of the molecule is COc1ccc(NC2=NCCC2)cc1.Cl. The Morgan fingerprint density at radius 3 is 2.53 bits per heavy atom. The summed E-state index contributed by atoms with van der Waals surface area (Å²) in [6.07, 6.45) is 2.23. The highest BCUT2D eigenvalue weighted by Crippen LogP contribution is 2.16. The second kappa shape index (κ2) is 5.61. The second-order valence-electron chi connectivity index (χ2n) is 3.29. The molecule has 0 saturated carbocycles. The molecule has 3 nitrogen and oxygen atoms in total. The molecule has 0 atom stereocenters. The lowest BCUT2D eigenvalue weighted by Gasteiger charge is -2.06. The Balaban J connectivity index is 0.00000112. The highest BCUT2D eigenvalue weighted by atomic mass is 35.5. The van der Waals surface area contributed by atoms with Crippen LogP contribution in [0.1, 0.15) is 12.8 Å². The van der Waals surface area contributed by atoms with Crippen LogP contribution in [-0.4, -0.2) is 19.5 Å². The number of halogens is 1. The summed E-state index contributed by atoms with van der Waals surface area (Å²) in [5, 5.41) is 3.29. The van der Waals surface area contributed by atoms with Crippen LogP contribution < -0.4 is 10.1 Å². The number of ether oxygens (including phenoxy) is 1. The summed E-state index contributed by atoms with van der Waals surface area (Å²) in [5.74, 6) is 1.97. The van der Waals surface area contributed by atoms with E-state index in [-0.39, 0.29) is 12.4 Å². The number of aliphatic imine (C=N–C) groups is 1. The van der Waals surface area contributed by atoms with E-state index in [1.54, 1.807) is 7.11 Å². The van der Waals surface area contributed by atoms with E-state index in [0.717, 1.165) is 30.2 Å². The number of anilines is 1. The molecule has 1 aromatic rings. The molecule has 0 spiro atoms. The number of hydrogen-bond donors (Lipinski definition) is 1. The average molecular weight is 227 g/mol. The van der Waals surface area contributed by atoms with Gasteiger partial charge >= 0.3 is 0 Å². The molecule has 0 saturated heterocycles. The average Bonchev–Trinajstić information content (AvgIpc) is 2.72. The lowest BCUT2D eigenvalue weighted by Crippen LogP contribution is -2.07. The van der Waals surface area contributed by atoms with E-state index in [0.29, 0.717) is 0 Å². The molecular weight excluding hydrogens is 212 g/mol. The van der Waals surface area contributed by atoms with Gasteiger partial charge in [-0.3, -0.25) is 4.99 Å². The molecule has 1 N–H and O–H groups in total. The summed E-state index contributed by atoms with van der Waals surface area (Å²) in [5.41, 5.74) is 1.08. The van der Waals surface area contributed by atoms with Crippen molar-refractivity contribution in [3.8, 4) is 5.75 Å². The van der Waals surface area contributed by atoms with Gasteiger partial charge in [-0.1, -0.05) is 0 Å². The molecule has 0 aromatic heterocycles. The first kappa shape index (κ1) is 11.9. The number of nitrogens with one attached hydrogen (secondary N) is 1. The number of hydrogen-bond acceptors (Lipinski definition) is 3. The van der Waals surface area contributed by atoms with Gasteiger partial charge < -0.3 is 10.1 Å². The predicted octanol–water partition coefficient (Wildman–Crippen LogP) is 2.72. The first-order valence-corrected chi connectivity index (χ1v) is 4.83. The Bertz CT molecular complexity index is 335. The van der Waals surface area contributed by atoms with Crippen LogP contribution in [0.25, 0.3) is 0 Å². The first-order chi connectivity index (χ1) is 6.88. The van der Waals surface area contributed by atoms with Crippen LogP contribution in [0.15, 0.2) is 29.3 Å². The van der Waals surface area contributed by atoms with E-state index in [4.69, 9.17) is 4.74 Å². The van der Waals surface area contributed by atoms with Crippen LogP contribution in [0.3, 0.4) is 0 Å². The zero-order valence-corrected chi connectivity index (χ0v) is 9.51. The van der Waals surface area contributed by atoms with Gasteiger partial charge in [-0.15, -0.1) is 12.4 Å². The number of rotatable bonds is 2. The van der Waals surface area contributed by atoms with Gasteiger partial charge in [-0.25, -0.2) is 0 Å². The largest absolute Gasteiger partial charge is 0.497 e. The summed E-state index contributed by atoms with van der Waals surface area (Å²) in [7, 11) is 1.67. The van der Waals surface area contributed by atoms with Crippen molar-refractivity contribution in [2.75, 3.05) is 19.0 Å². The van der Waals surface area contributed by atoms with Crippen molar-refractivity contribution in [2.45, 2.75) is 12.8 Å². The third-order valence-corrected chi connectivity index (χ3v) is 2.25. The number of benzene rings is 1. The minimum Gasteiger partial charge on any atom is -0.497 e. The predicted molar refractivity (Wildman–Crippen MR) is 65.4 cm³/mol. The van der Waals surface area contributed by atoms with Crippen LogP contribution in [0.4, 0.5) is 5.69 Å². The summed E-state index contributed by atoms with van der Waals surface area (Å²) < 4.78 is 5.08. The maximum absolute atomic E-state index is 5.08. The maximum Gasteiger partial charge on any atom is 0.119 e. The fourth-order valence-electron chi connectivity index (χ4n) is 1.48. The Morgan fingerprint density at radius 2 is 2.00 bits per heavy atom. The Morgan fingerprint density at radius 1 is 1.27 bits per heavy atom. The smallest absolute Gasteiger partial charge is 0.119 e. The zero-order valence-electron chi connectivity index (χ0n) is 8.69. The molecule has 0 radical (unpaired) electrons. The van der Waals surface area contributed by atoms with Crippen molar-refractivity contribution < 1.29 is 4.74 Å². The standard InChI is InChI=1S/C11H14N2O.ClH/c1-14-10-6-4-9(5-7-10)13-11-3-2-8-12-11;/h4-7H,2-3,8H2,1H3,(H,12,13);1H. The second-order valence-corrected chi connectivity index (χ2v) is 3.29. The summed E-state index contributed by atoms with van der Waals surface area (Å²) >= 11 is 0. The van der Waals surface area contributed by atoms with E-state index in [9.17, 15) is 0 Å². The molecule has 1 aromatic carbocycles. The molecule has 0 amide bonds. The molecule has 1 aliphatic rings. The summed E-state index contributed by atoms with van der Waals surface area (Å²) in [6, 6.07) is 7.88. The van der Waals surface area contributed by atoms with Gasteiger partial charge in [0.25, 0.3) is 0 Å². The van der Waals surface area contributed by atoms with E-state index in [1.807, 2.05) is 24.3 Å². The van der Waals surface area contributed by atoms with Gasteiger partial charge in [0, 0.05) is 18.7 Å². The highest BCUT2D eigenvalue weighted by molar-refractivity contribution is 5.96. The van der Waals surface area contributed by atoms with Crippen molar-refractivity contribution >= 4 is 23.9 Å². The molecule has 15 heavy (non-hydrogen) atoms. The van der Waals surface area contributed by atoms with Crippen molar-refractivity contribution in [1.82, 2.24) is 0 Å². The van der Waals surface area contributed by atoms with Gasteiger partial charge in [0.05, 0.1) is 7.11 Å². The zero-order chi connectivity index (χ0) is 9.80. The van der Waals surface area contributed by atoms with E-state index < -0.39 is 0 Å². The van der Waals surface area contributed by atoms with Gasteiger partial charge in [-0.05, 0) is 30.7 Å². The molecular formula is C11H15ClN2O. The van der Waals surface area contributed by atoms with Crippen molar-refractivity contribution in [2.24, 2.45) is 4.99 Å². The fourth-order valence-corrected chi connectivity index (χ4v) is 1.48. The van der Waals surface area contributed by atoms with Crippen LogP contribution in [0.5, 0.6) is 5.75 Å². The molecule has 0 aliphatic carbocycles. The summed E-state index contributed by atoms with van der Waals surface area (Å²) in [4.78, 5) is 4.35. The third-order valence-electron chi connectivity index (χ3n) is 2.25. The van der Waals surface area contributed by atoms with Crippen LogP contribution in [-0.2, 0) is 0 Å². The van der Waals surface area contributed by atoms with E-state index >= 15 is 0 Å². The number of nitrogens with zero attached hydrogens (tertiary/aromatic N) is 1. The van der Waals surface area contributed by atoms with Crippen LogP contribution >= 0.6 is 12.4 Å². The van der Waals surface area contributed by atoms with Crippen LogP contribution in [0, 0.1) is 0 Å². The van der Waals surface area contributed by atoms with Crippen molar-refractivity contribution in [3.05, 3.63) is 24.3 Å². The molecule has 1 aliphatic heterocycles. The molecule has 2 rings (SSSR count). The molecule has 0 fully saturated rings. The van der Waals surface area contributed by atoms with Gasteiger partial charge in [0.1, 0.15) is 11.6 Å². The monoisotopic (exact) mass is 226 g/mol. The van der Waals surface area contributed by atoms with Crippen LogP contribution in [0.2, 0.25) is 0 Å².